The number of rotatable bonds is 9. The van der Waals surface area contributed by atoms with E-state index in [1.807, 2.05) is 25.1 Å². The molecule has 0 amide bonds. The molecule has 0 atom stereocenters. The average molecular weight is 462 g/mol. The van der Waals surface area contributed by atoms with Crippen LogP contribution >= 0.6 is 11.6 Å². The fourth-order valence-electron chi connectivity index (χ4n) is 4.63. The molecule has 2 aromatic rings. The highest BCUT2D eigenvalue weighted by Crippen LogP contribution is 2.46. The first kappa shape index (κ1) is 22.3. The molecule has 31 heavy (non-hydrogen) atoms. The summed E-state index contributed by atoms with van der Waals surface area (Å²) < 4.78 is 32.1. The number of sulfonamides is 1. The first-order valence-corrected chi connectivity index (χ1v) is 13.1. The van der Waals surface area contributed by atoms with Crippen LogP contribution in [0.1, 0.15) is 49.3 Å². The number of nitrogens with one attached hydrogen (secondary N) is 2. The Hall–Kier alpha value is -1.89. The molecule has 0 saturated heterocycles. The van der Waals surface area contributed by atoms with Crippen molar-refractivity contribution >= 4 is 27.3 Å². The van der Waals surface area contributed by atoms with E-state index in [1.165, 1.54) is 28.8 Å². The van der Waals surface area contributed by atoms with Gasteiger partial charge in [0.1, 0.15) is 18.9 Å². The molecular weight excluding hydrogens is 432 g/mol. The van der Waals surface area contributed by atoms with Crippen molar-refractivity contribution in [2.75, 3.05) is 25.4 Å². The Balaban J connectivity index is 1.52. The molecule has 5 nitrogen and oxygen atoms in total. The lowest BCUT2D eigenvalue weighted by Gasteiger charge is -2.41. The average Bonchev–Trinajstić information content (AvgIpc) is 2.72. The summed E-state index contributed by atoms with van der Waals surface area (Å²) >= 11 is 6.13. The zero-order valence-corrected chi connectivity index (χ0v) is 19.5. The topological polar surface area (TPSA) is 69.4 Å². The smallest absolute Gasteiger partial charge is 0.211 e. The quantitative estimate of drug-likeness (QED) is 0.564. The maximum absolute atomic E-state index is 11.8. The number of halogens is 1. The Morgan fingerprint density at radius 2 is 1.94 bits per heavy atom. The van der Waals surface area contributed by atoms with Crippen LogP contribution in [-0.2, 0) is 21.9 Å². The maximum Gasteiger partial charge on any atom is 0.211 e. The molecule has 1 heterocycles. The summed E-state index contributed by atoms with van der Waals surface area (Å²) in [6, 6.07) is 14.5. The highest BCUT2D eigenvalue weighted by molar-refractivity contribution is 7.89. The summed E-state index contributed by atoms with van der Waals surface area (Å²) in [6.45, 7) is 3.34. The molecule has 4 rings (SSSR count). The van der Waals surface area contributed by atoms with Gasteiger partial charge in [-0.25, -0.2) is 18.1 Å². The Bertz CT molecular complexity index is 1060. The number of ether oxygens (including phenoxy) is 1. The van der Waals surface area contributed by atoms with Gasteiger partial charge >= 0.3 is 0 Å². The second-order valence-corrected chi connectivity index (χ2v) is 10.7. The van der Waals surface area contributed by atoms with Crippen LogP contribution in [0.2, 0.25) is 5.02 Å². The van der Waals surface area contributed by atoms with Gasteiger partial charge in [-0.1, -0.05) is 43.1 Å². The molecular formula is C24H30ClN2O3S+. The summed E-state index contributed by atoms with van der Waals surface area (Å²) in [7, 11) is -3.21. The maximum atomic E-state index is 11.8. The monoisotopic (exact) mass is 461 g/mol. The van der Waals surface area contributed by atoms with Crippen molar-refractivity contribution in [2.45, 2.75) is 44.4 Å². The summed E-state index contributed by atoms with van der Waals surface area (Å²) in [5.41, 5.74) is 5.11. The van der Waals surface area contributed by atoms with Gasteiger partial charge in [0.05, 0.1) is 11.2 Å². The first-order valence-electron chi connectivity index (χ1n) is 11.0. The second-order valence-electron chi connectivity index (χ2n) is 8.37. The largest absolute Gasteiger partial charge is 0.492 e. The van der Waals surface area contributed by atoms with Crippen LogP contribution < -0.4 is 14.5 Å². The van der Waals surface area contributed by atoms with Gasteiger partial charge in [-0.05, 0) is 54.7 Å². The highest BCUT2D eigenvalue weighted by atomic mass is 35.5. The minimum Gasteiger partial charge on any atom is -0.492 e. The van der Waals surface area contributed by atoms with Crippen LogP contribution in [0.4, 0.5) is 0 Å². The lowest BCUT2D eigenvalue weighted by Crippen LogP contribution is -2.80. The molecule has 0 unspecified atom stereocenters. The summed E-state index contributed by atoms with van der Waals surface area (Å²) in [5, 5.41) is 0.755. The van der Waals surface area contributed by atoms with E-state index in [4.69, 9.17) is 16.3 Å². The van der Waals surface area contributed by atoms with Gasteiger partial charge in [0.15, 0.2) is 5.71 Å². The van der Waals surface area contributed by atoms with Gasteiger partial charge in [-0.3, -0.25) is 0 Å². The van der Waals surface area contributed by atoms with Crippen molar-refractivity contribution in [2.24, 2.45) is 0 Å². The van der Waals surface area contributed by atoms with Gasteiger partial charge in [0.2, 0.25) is 10.0 Å². The van der Waals surface area contributed by atoms with E-state index in [9.17, 15) is 8.42 Å². The molecule has 0 bridgehead atoms. The third kappa shape index (κ3) is 4.81. The van der Waals surface area contributed by atoms with Crippen LogP contribution in [0.5, 0.6) is 5.75 Å². The van der Waals surface area contributed by atoms with Crippen LogP contribution in [-0.4, -0.2) is 39.6 Å². The van der Waals surface area contributed by atoms with Crippen LogP contribution in [0.3, 0.4) is 0 Å². The molecule has 1 fully saturated rings. The van der Waals surface area contributed by atoms with E-state index in [0.29, 0.717) is 13.0 Å². The van der Waals surface area contributed by atoms with E-state index in [0.717, 1.165) is 36.6 Å². The third-order valence-corrected chi connectivity index (χ3v) is 8.14. The predicted molar refractivity (Wildman–Crippen MR) is 125 cm³/mol. The zero-order valence-electron chi connectivity index (χ0n) is 17.9. The van der Waals surface area contributed by atoms with Gasteiger partial charge in [-0.15, -0.1) is 0 Å². The lowest BCUT2D eigenvalue weighted by atomic mass is 9.59. The Labute approximate surface area is 189 Å². The van der Waals surface area contributed by atoms with Crippen LogP contribution in [0.15, 0.2) is 42.5 Å². The first-order chi connectivity index (χ1) is 14.9. The standard InChI is InChI=1S/C24H29ClN2O3S/c1-2-16-31(28,29)27-14-15-30-21-9-4-18-10-13-26-23(22(18)17-21)24(11-3-12-24)19-5-7-20(25)8-6-19/h4-9,17,27H,2-3,10-16H2,1H3/p+1. The minimum atomic E-state index is -3.21. The van der Waals surface area contributed by atoms with Gasteiger partial charge in [0, 0.05) is 23.6 Å². The Kier molecular flexibility index (Phi) is 6.70. The highest BCUT2D eigenvalue weighted by Gasteiger charge is 2.49. The van der Waals surface area contributed by atoms with Crippen molar-refractivity contribution in [3.05, 3.63) is 64.2 Å². The molecule has 0 radical (unpaired) electrons. The molecule has 1 aliphatic heterocycles. The van der Waals surface area contributed by atoms with Gasteiger partial charge in [0.25, 0.3) is 0 Å². The van der Waals surface area contributed by atoms with Gasteiger partial charge in [-0.2, -0.15) is 0 Å². The van der Waals surface area contributed by atoms with E-state index < -0.39 is 10.0 Å². The second kappa shape index (κ2) is 9.31. The summed E-state index contributed by atoms with van der Waals surface area (Å²) in [4.78, 5) is 3.70. The van der Waals surface area contributed by atoms with Gasteiger partial charge < -0.3 is 4.74 Å². The molecule has 2 aliphatic rings. The molecule has 0 aromatic heterocycles. The van der Waals surface area contributed by atoms with Crippen molar-refractivity contribution in [3.63, 3.8) is 0 Å². The van der Waals surface area contributed by atoms with Crippen molar-refractivity contribution < 1.29 is 18.1 Å². The molecule has 1 aliphatic carbocycles. The van der Waals surface area contributed by atoms with Crippen LogP contribution in [0.25, 0.3) is 0 Å². The number of benzene rings is 2. The third-order valence-electron chi connectivity index (χ3n) is 6.29. The van der Waals surface area contributed by atoms with E-state index in [2.05, 4.69) is 34.0 Å². The molecule has 7 heteroatoms. The Morgan fingerprint density at radius 1 is 1.16 bits per heavy atom. The number of fused-ring (bicyclic) bond motifs is 1. The van der Waals surface area contributed by atoms with Crippen molar-refractivity contribution in [1.82, 2.24) is 4.72 Å². The molecule has 166 valence electrons. The minimum absolute atomic E-state index is 0.00579. The molecule has 1 saturated carbocycles. The van der Waals surface area contributed by atoms with E-state index in [-0.39, 0.29) is 17.7 Å². The fraction of sp³-hybridized carbons (Fsp3) is 0.458. The fourth-order valence-corrected chi connectivity index (χ4v) is 5.83. The SMILES string of the molecule is CCCS(=O)(=O)NCCOc1ccc2c(c1)C(C1(c3ccc(Cl)cc3)CCC1)=[NH+]CC2. The normalized spacial score (nSPS) is 17.4. The summed E-state index contributed by atoms with van der Waals surface area (Å²) in [5.74, 6) is 0.906. The predicted octanol–water partition coefficient (Wildman–Crippen LogP) is 2.60. The van der Waals surface area contributed by atoms with E-state index >= 15 is 0 Å². The van der Waals surface area contributed by atoms with Crippen molar-refractivity contribution in [3.8, 4) is 5.75 Å². The summed E-state index contributed by atoms with van der Waals surface area (Å²) in [6.07, 6.45) is 5.01. The van der Waals surface area contributed by atoms with Crippen LogP contribution in [0, 0.1) is 0 Å². The zero-order chi connectivity index (χ0) is 21.9. The molecule has 2 aromatic carbocycles. The number of hydrogen-bond donors (Lipinski definition) is 2. The molecule has 0 spiro atoms. The van der Waals surface area contributed by atoms with Crippen molar-refractivity contribution in [1.29, 1.82) is 0 Å². The molecule has 2 N–H and O–H groups in total. The number of hydrogen-bond acceptors (Lipinski definition) is 3. The lowest BCUT2D eigenvalue weighted by molar-refractivity contribution is -0.461. The Morgan fingerprint density at radius 3 is 2.61 bits per heavy atom. The van der Waals surface area contributed by atoms with E-state index in [1.54, 1.807) is 0 Å².